The Kier molecular flexibility index (Phi) is 69.9. The van der Waals surface area contributed by atoms with E-state index in [0.717, 1.165) is 51.4 Å². The minimum absolute atomic E-state index is 0.0129. The molecular weight excluding hydrogens is 1010 g/mol. The van der Waals surface area contributed by atoms with Crippen LogP contribution >= 0.6 is 0 Å². The predicted molar refractivity (Wildman–Crippen MR) is 361 cm³/mol. The molecule has 0 saturated heterocycles. The van der Waals surface area contributed by atoms with Crippen LogP contribution < -0.4 is 5.32 Å². The Morgan fingerprint density at radius 3 is 0.951 bits per heavy atom. The van der Waals surface area contributed by atoms with E-state index in [2.05, 4.69) is 43.5 Å². The van der Waals surface area contributed by atoms with Gasteiger partial charge in [0.2, 0.25) is 5.91 Å². The third-order valence-corrected chi connectivity index (χ3v) is 17.4. The van der Waals surface area contributed by atoms with E-state index in [4.69, 9.17) is 4.74 Å². The maximum Gasteiger partial charge on any atom is 0.305 e. The maximum absolute atomic E-state index is 12.5. The molecule has 2 unspecified atom stereocenters. The van der Waals surface area contributed by atoms with Crippen LogP contribution in [0.15, 0.2) is 36.5 Å². The Morgan fingerprint density at radius 2 is 0.610 bits per heavy atom. The van der Waals surface area contributed by atoms with Gasteiger partial charge in [-0.15, -0.1) is 0 Å². The van der Waals surface area contributed by atoms with Gasteiger partial charge >= 0.3 is 5.97 Å². The lowest BCUT2D eigenvalue weighted by molar-refractivity contribution is -0.143. The summed E-state index contributed by atoms with van der Waals surface area (Å²) in [7, 11) is 0. The number of aliphatic hydroxyl groups excluding tert-OH is 2. The Bertz CT molecular complexity index is 1330. The van der Waals surface area contributed by atoms with Crippen molar-refractivity contribution in [3.63, 3.8) is 0 Å². The molecular formula is C76H145NO5. The summed E-state index contributed by atoms with van der Waals surface area (Å²) in [5, 5.41) is 23.3. The van der Waals surface area contributed by atoms with Gasteiger partial charge in [-0.1, -0.05) is 371 Å². The number of allylic oxidation sites excluding steroid dienone is 5. The summed E-state index contributed by atoms with van der Waals surface area (Å²) < 4.78 is 5.51. The molecule has 0 aliphatic carbocycles. The molecule has 0 aliphatic rings. The number of rotatable bonds is 70. The van der Waals surface area contributed by atoms with E-state index in [-0.39, 0.29) is 18.5 Å². The highest BCUT2D eigenvalue weighted by atomic mass is 16.5. The lowest BCUT2D eigenvalue weighted by Crippen LogP contribution is -2.45. The van der Waals surface area contributed by atoms with Gasteiger partial charge in [0.15, 0.2) is 0 Å². The number of esters is 1. The van der Waals surface area contributed by atoms with Crippen LogP contribution in [-0.4, -0.2) is 47.4 Å². The molecule has 0 aromatic heterocycles. The number of nitrogens with one attached hydrogen (secondary N) is 1. The molecule has 484 valence electrons. The topological polar surface area (TPSA) is 95.9 Å². The average molecular weight is 1150 g/mol. The minimum Gasteiger partial charge on any atom is -0.466 e. The lowest BCUT2D eigenvalue weighted by atomic mass is 10.0. The molecule has 2 atom stereocenters. The first-order valence-electron chi connectivity index (χ1n) is 37.3. The summed E-state index contributed by atoms with van der Waals surface area (Å²) in [5.74, 6) is -0.0493. The van der Waals surface area contributed by atoms with Crippen molar-refractivity contribution in [2.24, 2.45) is 0 Å². The second-order valence-electron chi connectivity index (χ2n) is 25.6. The number of carbonyl (C=O) groups excluding carboxylic acids is 2. The van der Waals surface area contributed by atoms with Crippen LogP contribution in [0.25, 0.3) is 0 Å². The second-order valence-corrected chi connectivity index (χ2v) is 25.6. The van der Waals surface area contributed by atoms with Gasteiger partial charge in [0.05, 0.1) is 25.4 Å². The number of hydrogen-bond donors (Lipinski definition) is 3. The second kappa shape index (κ2) is 71.6. The van der Waals surface area contributed by atoms with Crippen LogP contribution in [0, 0.1) is 0 Å². The van der Waals surface area contributed by atoms with Crippen molar-refractivity contribution in [1.29, 1.82) is 0 Å². The smallest absolute Gasteiger partial charge is 0.305 e. The predicted octanol–water partition coefficient (Wildman–Crippen LogP) is 24.3. The molecule has 0 fully saturated rings. The number of ether oxygens (including phenoxy) is 1. The largest absolute Gasteiger partial charge is 0.466 e. The molecule has 0 aromatic carbocycles. The lowest BCUT2D eigenvalue weighted by Gasteiger charge is -2.20. The summed E-state index contributed by atoms with van der Waals surface area (Å²) in [6.07, 6.45) is 92.3. The van der Waals surface area contributed by atoms with E-state index in [1.165, 1.54) is 334 Å². The molecule has 1 amide bonds. The molecule has 0 radical (unpaired) electrons. The molecule has 82 heavy (non-hydrogen) atoms. The van der Waals surface area contributed by atoms with E-state index in [9.17, 15) is 19.8 Å². The van der Waals surface area contributed by atoms with E-state index in [1.54, 1.807) is 6.08 Å². The van der Waals surface area contributed by atoms with Crippen LogP contribution in [0.1, 0.15) is 412 Å². The van der Waals surface area contributed by atoms with Crippen molar-refractivity contribution >= 4 is 11.9 Å². The molecule has 0 aliphatic heterocycles. The fourth-order valence-corrected chi connectivity index (χ4v) is 11.7. The summed E-state index contributed by atoms with van der Waals surface area (Å²) in [4.78, 5) is 24.7. The zero-order chi connectivity index (χ0) is 59.2. The normalized spacial score (nSPS) is 12.7. The first-order chi connectivity index (χ1) is 40.5. The fraction of sp³-hybridized carbons (Fsp3) is 0.895. The van der Waals surface area contributed by atoms with E-state index < -0.39 is 12.1 Å². The van der Waals surface area contributed by atoms with Gasteiger partial charge in [0.1, 0.15) is 0 Å². The standard InChI is InChI=1S/C76H145NO5/c1-3-5-7-9-11-13-15-17-19-21-23-29-33-36-40-44-48-52-56-60-64-68-74(79)73(72-78)77-75(80)69-65-61-57-53-49-45-41-37-34-30-27-25-24-26-28-31-35-39-43-47-51-55-59-63-67-71-82-76(81)70-66-62-58-54-50-46-42-38-32-22-20-18-16-14-12-10-8-6-4-2/h12,14,18,20,64,68,73-74,78-79H,3-11,13,15-17,19,21-63,65-67,69-72H2,1-2H3,(H,77,80)/b14-12-,20-18-,68-64+. The first-order valence-corrected chi connectivity index (χ1v) is 37.3. The maximum atomic E-state index is 12.5. The van der Waals surface area contributed by atoms with Crippen LogP contribution in [0.5, 0.6) is 0 Å². The third-order valence-electron chi connectivity index (χ3n) is 17.4. The molecule has 0 rings (SSSR count). The van der Waals surface area contributed by atoms with Crippen LogP contribution in [-0.2, 0) is 14.3 Å². The molecule has 0 bridgehead atoms. The van der Waals surface area contributed by atoms with Crippen molar-refractivity contribution < 1.29 is 24.5 Å². The van der Waals surface area contributed by atoms with E-state index >= 15 is 0 Å². The number of aliphatic hydroxyl groups is 2. The van der Waals surface area contributed by atoms with Gasteiger partial charge in [-0.25, -0.2) is 0 Å². The summed E-state index contributed by atoms with van der Waals surface area (Å²) in [6.45, 7) is 4.92. The van der Waals surface area contributed by atoms with Crippen molar-refractivity contribution in [2.45, 2.75) is 424 Å². The average Bonchev–Trinajstić information content (AvgIpc) is 3.48. The minimum atomic E-state index is -0.845. The van der Waals surface area contributed by atoms with Crippen molar-refractivity contribution in [1.82, 2.24) is 5.32 Å². The van der Waals surface area contributed by atoms with Crippen molar-refractivity contribution in [3.05, 3.63) is 36.5 Å². The van der Waals surface area contributed by atoms with E-state index in [1.807, 2.05) is 6.08 Å². The highest BCUT2D eigenvalue weighted by molar-refractivity contribution is 5.76. The molecule has 0 spiro atoms. The third kappa shape index (κ3) is 67.2. The monoisotopic (exact) mass is 1150 g/mol. The zero-order valence-electron chi connectivity index (χ0n) is 55.5. The van der Waals surface area contributed by atoms with Gasteiger partial charge in [0.25, 0.3) is 0 Å². The highest BCUT2D eigenvalue weighted by Crippen LogP contribution is 2.19. The van der Waals surface area contributed by atoms with Gasteiger partial charge in [-0.2, -0.15) is 0 Å². The van der Waals surface area contributed by atoms with Gasteiger partial charge in [0, 0.05) is 12.8 Å². The summed E-state index contributed by atoms with van der Waals surface area (Å²) in [6, 6.07) is -0.628. The van der Waals surface area contributed by atoms with Crippen LogP contribution in [0.3, 0.4) is 0 Å². The van der Waals surface area contributed by atoms with Crippen molar-refractivity contribution in [2.75, 3.05) is 13.2 Å². The summed E-state index contributed by atoms with van der Waals surface area (Å²) in [5.41, 5.74) is 0. The number of unbranched alkanes of at least 4 members (excludes halogenated alkanes) is 55. The molecule has 0 aromatic rings. The summed E-state index contributed by atoms with van der Waals surface area (Å²) >= 11 is 0. The fourth-order valence-electron chi connectivity index (χ4n) is 11.7. The molecule has 0 saturated carbocycles. The molecule has 6 nitrogen and oxygen atoms in total. The van der Waals surface area contributed by atoms with Gasteiger partial charge in [-0.05, 0) is 64.2 Å². The molecule has 0 heterocycles. The number of amides is 1. The van der Waals surface area contributed by atoms with Gasteiger partial charge in [-0.3, -0.25) is 9.59 Å². The van der Waals surface area contributed by atoms with Crippen LogP contribution in [0.4, 0.5) is 0 Å². The molecule has 6 heteroatoms. The Morgan fingerprint density at radius 1 is 0.341 bits per heavy atom. The number of hydrogen-bond acceptors (Lipinski definition) is 5. The SMILES string of the molecule is CCCCC/C=C\C/C=C\CCCCCCCCCCCC(=O)OCCCCCCCCCCCCCCCCCCCCCCCCCCCC(=O)NC(CO)C(O)/C=C/CCCCCCCCCCCCCCCCCCCCC. The highest BCUT2D eigenvalue weighted by Gasteiger charge is 2.18. The Balaban J connectivity index is 3.38. The first kappa shape index (κ1) is 80.1. The van der Waals surface area contributed by atoms with Crippen molar-refractivity contribution in [3.8, 4) is 0 Å². The number of carbonyl (C=O) groups is 2. The van der Waals surface area contributed by atoms with E-state index in [0.29, 0.717) is 19.4 Å². The van der Waals surface area contributed by atoms with Crippen LogP contribution in [0.2, 0.25) is 0 Å². The zero-order valence-corrected chi connectivity index (χ0v) is 55.5. The Hall–Kier alpha value is -1.92. The Labute approximate surface area is 513 Å². The van der Waals surface area contributed by atoms with Gasteiger partial charge < -0.3 is 20.3 Å². The molecule has 3 N–H and O–H groups in total. The quantitative estimate of drug-likeness (QED) is 0.0320.